The molecule has 1 saturated heterocycles. The lowest BCUT2D eigenvalue weighted by atomic mass is 9.99. The minimum atomic E-state index is 0.528. The highest BCUT2D eigenvalue weighted by atomic mass is 15.1. The molecule has 2 rings (SSSR count). The third-order valence-electron chi connectivity index (χ3n) is 3.21. The van der Waals surface area contributed by atoms with E-state index in [2.05, 4.69) is 11.9 Å². The maximum atomic E-state index is 5.83. The summed E-state index contributed by atoms with van der Waals surface area (Å²) in [7, 11) is 2.24. The second-order valence-electron chi connectivity index (χ2n) is 4.11. The Morgan fingerprint density at radius 3 is 2.64 bits per heavy atom. The lowest BCUT2D eigenvalue weighted by molar-refractivity contribution is 0.164. The average Bonchev–Trinajstić information content (AvgIpc) is 2.68. The second-order valence-corrected chi connectivity index (χ2v) is 4.11. The molecule has 2 fully saturated rings. The van der Waals surface area contributed by atoms with E-state index in [1.165, 1.54) is 32.2 Å². The van der Waals surface area contributed by atoms with Crippen molar-refractivity contribution in [2.45, 2.75) is 37.8 Å². The van der Waals surface area contributed by atoms with E-state index in [-0.39, 0.29) is 0 Å². The summed E-state index contributed by atoms with van der Waals surface area (Å²) >= 11 is 0. The van der Waals surface area contributed by atoms with Crippen LogP contribution >= 0.6 is 0 Å². The highest BCUT2D eigenvalue weighted by Gasteiger charge is 2.42. The number of rotatable bonds is 1. The van der Waals surface area contributed by atoms with Crippen molar-refractivity contribution in [3.8, 4) is 0 Å². The lowest BCUT2D eigenvalue weighted by Crippen LogP contribution is -2.39. The molecule has 2 nitrogen and oxygen atoms in total. The van der Waals surface area contributed by atoms with Gasteiger partial charge in [0.25, 0.3) is 0 Å². The zero-order chi connectivity index (χ0) is 7.84. The number of nitrogens with two attached hydrogens (primary N) is 1. The van der Waals surface area contributed by atoms with Crippen LogP contribution in [0.15, 0.2) is 0 Å². The Kier molecular flexibility index (Phi) is 1.90. The largest absolute Gasteiger partial charge is 0.327 e. The standard InChI is InChI=1S/C9H18N2/c1-11-5-3-2-4-9(11)7-6-8(7)10/h7-9H,2-6,10H2,1H3. The molecule has 64 valence electrons. The number of nitrogens with zero attached hydrogens (tertiary/aromatic N) is 1. The van der Waals surface area contributed by atoms with Gasteiger partial charge in [0.15, 0.2) is 0 Å². The summed E-state index contributed by atoms with van der Waals surface area (Å²) in [5.41, 5.74) is 5.83. The van der Waals surface area contributed by atoms with E-state index in [4.69, 9.17) is 5.73 Å². The minimum absolute atomic E-state index is 0.528. The summed E-state index contributed by atoms with van der Waals surface area (Å²) in [5, 5.41) is 0. The fraction of sp³-hybridized carbons (Fsp3) is 1.00. The summed E-state index contributed by atoms with van der Waals surface area (Å²) in [5.74, 6) is 0.834. The first kappa shape index (κ1) is 7.56. The summed E-state index contributed by atoms with van der Waals surface area (Å²) in [6, 6.07) is 1.35. The van der Waals surface area contributed by atoms with Gasteiger partial charge in [-0.2, -0.15) is 0 Å². The monoisotopic (exact) mass is 154 g/mol. The van der Waals surface area contributed by atoms with Gasteiger partial charge in [0.2, 0.25) is 0 Å². The van der Waals surface area contributed by atoms with E-state index in [0.29, 0.717) is 6.04 Å². The van der Waals surface area contributed by atoms with Crippen LogP contribution in [0.5, 0.6) is 0 Å². The van der Waals surface area contributed by atoms with Gasteiger partial charge in [-0.3, -0.25) is 0 Å². The van der Waals surface area contributed by atoms with Crippen LogP contribution in [-0.4, -0.2) is 30.6 Å². The van der Waals surface area contributed by atoms with Crippen LogP contribution in [0.1, 0.15) is 25.7 Å². The predicted octanol–water partition coefficient (Wildman–Crippen LogP) is 0.818. The minimum Gasteiger partial charge on any atom is -0.327 e. The Bertz CT molecular complexity index is 144. The molecule has 0 aromatic heterocycles. The maximum absolute atomic E-state index is 5.83. The van der Waals surface area contributed by atoms with Gasteiger partial charge in [0.1, 0.15) is 0 Å². The number of piperidine rings is 1. The van der Waals surface area contributed by atoms with Crippen LogP contribution in [0.3, 0.4) is 0 Å². The Labute approximate surface area is 68.7 Å². The number of likely N-dealkylation sites (tertiary alicyclic amines) is 1. The fourth-order valence-electron chi connectivity index (χ4n) is 2.32. The van der Waals surface area contributed by atoms with Gasteiger partial charge in [0, 0.05) is 12.1 Å². The number of hydrogen-bond acceptors (Lipinski definition) is 2. The molecular weight excluding hydrogens is 136 g/mol. The predicted molar refractivity (Wildman–Crippen MR) is 46.4 cm³/mol. The van der Waals surface area contributed by atoms with Gasteiger partial charge in [-0.15, -0.1) is 0 Å². The van der Waals surface area contributed by atoms with Crippen LogP contribution in [0, 0.1) is 5.92 Å². The van der Waals surface area contributed by atoms with Crippen molar-refractivity contribution in [2.75, 3.05) is 13.6 Å². The van der Waals surface area contributed by atoms with Crippen LogP contribution in [-0.2, 0) is 0 Å². The Morgan fingerprint density at radius 2 is 2.09 bits per heavy atom. The van der Waals surface area contributed by atoms with E-state index >= 15 is 0 Å². The average molecular weight is 154 g/mol. The molecule has 0 aromatic rings. The third-order valence-corrected chi connectivity index (χ3v) is 3.21. The molecule has 1 saturated carbocycles. The van der Waals surface area contributed by atoms with Gasteiger partial charge < -0.3 is 10.6 Å². The fourth-order valence-corrected chi connectivity index (χ4v) is 2.32. The molecule has 3 unspecified atom stereocenters. The van der Waals surface area contributed by atoms with E-state index < -0.39 is 0 Å². The van der Waals surface area contributed by atoms with E-state index in [1.54, 1.807) is 0 Å². The van der Waals surface area contributed by atoms with Crippen LogP contribution in [0.4, 0.5) is 0 Å². The van der Waals surface area contributed by atoms with E-state index in [1.807, 2.05) is 0 Å². The molecule has 1 heterocycles. The van der Waals surface area contributed by atoms with Crippen LogP contribution in [0.2, 0.25) is 0 Å². The van der Waals surface area contributed by atoms with Crippen molar-refractivity contribution < 1.29 is 0 Å². The number of hydrogen-bond donors (Lipinski definition) is 1. The van der Waals surface area contributed by atoms with Crippen molar-refractivity contribution in [3.05, 3.63) is 0 Å². The van der Waals surface area contributed by atoms with E-state index in [9.17, 15) is 0 Å². The highest BCUT2D eigenvalue weighted by Crippen LogP contribution is 2.37. The molecule has 0 spiro atoms. The Balaban J connectivity index is 1.90. The van der Waals surface area contributed by atoms with Gasteiger partial charge in [-0.05, 0) is 38.8 Å². The molecule has 1 aliphatic carbocycles. The van der Waals surface area contributed by atoms with Gasteiger partial charge >= 0.3 is 0 Å². The smallest absolute Gasteiger partial charge is 0.0136 e. The Morgan fingerprint density at radius 1 is 1.36 bits per heavy atom. The second kappa shape index (κ2) is 2.76. The molecule has 2 heteroatoms. The normalized spacial score (nSPS) is 45.8. The first-order chi connectivity index (χ1) is 5.29. The Hall–Kier alpha value is -0.0800. The summed E-state index contributed by atoms with van der Waals surface area (Å²) < 4.78 is 0. The maximum Gasteiger partial charge on any atom is 0.0136 e. The van der Waals surface area contributed by atoms with Crippen molar-refractivity contribution in [2.24, 2.45) is 11.7 Å². The van der Waals surface area contributed by atoms with Gasteiger partial charge in [-0.25, -0.2) is 0 Å². The first-order valence-electron chi connectivity index (χ1n) is 4.75. The molecular formula is C9H18N2. The van der Waals surface area contributed by atoms with E-state index in [0.717, 1.165) is 12.0 Å². The van der Waals surface area contributed by atoms with Crippen LogP contribution in [0.25, 0.3) is 0 Å². The molecule has 0 aromatic carbocycles. The van der Waals surface area contributed by atoms with Crippen molar-refractivity contribution in [1.29, 1.82) is 0 Å². The zero-order valence-electron chi connectivity index (χ0n) is 7.29. The lowest BCUT2D eigenvalue weighted by Gasteiger charge is -2.32. The van der Waals surface area contributed by atoms with Crippen LogP contribution < -0.4 is 5.73 Å². The first-order valence-corrected chi connectivity index (χ1v) is 4.75. The SMILES string of the molecule is CN1CCCCC1C1CC1N. The van der Waals surface area contributed by atoms with Crippen molar-refractivity contribution in [3.63, 3.8) is 0 Å². The summed E-state index contributed by atoms with van der Waals surface area (Å²) in [6.07, 6.45) is 5.46. The topological polar surface area (TPSA) is 29.3 Å². The van der Waals surface area contributed by atoms with Gasteiger partial charge in [0.05, 0.1) is 0 Å². The third kappa shape index (κ3) is 1.42. The molecule has 0 radical (unpaired) electrons. The molecule has 3 atom stereocenters. The summed E-state index contributed by atoms with van der Waals surface area (Å²) in [4.78, 5) is 2.50. The quantitative estimate of drug-likeness (QED) is 0.606. The van der Waals surface area contributed by atoms with Crippen molar-refractivity contribution >= 4 is 0 Å². The molecule has 1 aliphatic heterocycles. The summed E-state index contributed by atoms with van der Waals surface area (Å²) in [6.45, 7) is 1.29. The molecule has 2 N–H and O–H groups in total. The highest BCUT2D eigenvalue weighted by molar-refractivity contribution is 4.99. The van der Waals surface area contributed by atoms with Crippen molar-refractivity contribution in [1.82, 2.24) is 4.90 Å². The molecule has 11 heavy (non-hydrogen) atoms. The molecule has 2 aliphatic rings. The zero-order valence-corrected chi connectivity index (χ0v) is 7.29. The van der Waals surface area contributed by atoms with Gasteiger partial charge in [-0.1, -0.05) is 6.42 Å². The molecule has 0 bridgehead atoms. The molecule has 0 amide bonds.